The van der Waals surface area contributed by atoms with Crippen molar-refractivity contribution in [1.29, 1.82) is 0 Å². The molecule has 22 heavy (non-hydrogen) atoms. The Kier molecular flexibility index (Phi) is 3.43. The lowest BCUT2D eigenvalue weighted by Crippen LogP contribution is -2.30. The highest BCUT2D eigenvalue weighted by atomic mass is 32.1. The lowest BCUT2D eigenvalue weighted by molar-refractivity contribution is 0.0937. The number of amides is 1. The Labute approximate surface area is 133 Å². The number of rotatable bonds is 2. The molecular formula is C19H17NOS. The summed E-state index contributed by atoms with van der Waals surface area (Å²) in [6.07, 6.45) is 3.27. The molecule has 110 valence electrons. The van der Waals surface area contributed by atoms with Crippen LogP contribution in [0.15, 0.2) is 54.6 Å². The van der Waals surface area contributed by atoms with E-state index < -0.39 is 0 Å². The van der Waals surface area contributed by atoms with Crippen LogP contribution in [0.3, 0.4) is 0 Å². The number of nitrogens with one attached hydrogen (secondary N) is 1. The van der Waals surface area contributed by atoms with Crippen LogP contribution in [0.2, 0.25) is 0 Å². The van der Waals surface area contributed by atoms with Crippen LogP contribution in [0, 0.1) is 0 Å². The minimum absolute atomic E-state index is 0.0444. The Bertz CT molecular complexity index is 803. The molecule has 0 saturated carbocycles. The first kappa shape index (κ1) is 13.5. The highest BCUT2D eigenvalue weighted by Gasteiger charge is 2.22. The lowest BCUT2D eigenvalue weighted by atomic mass is 9.88. The fourth-order valence-corrected chi connectivity index (χ4v) is 4.19. The Balaban J connectivity index is 1.60. The second-order valence-corrected chi connectivity index (χ2v) is 6.85. The fourth-order valence-electron chi connectivity index (χ4n) is 3.23. The normalized spacial score (nSPS) is 17.2. The molecule has 0 bridgehead atoms. The van der Waals surface area contributed by atoms with E-state index in [-0.39, 0.29) is 11.9 Å². The van der Waals surface area contributed by atoms with Crippen molar-refractivity contribution in [2.24, 2.45) is 0 Å². The zero-order valence-corrected chi connectivity index (χ0v) is 13.0. The molecule has 1 N–H and O–H groups in total. The van der Waals surface area contributed by atoms with Gasteiger partial charge in [-0.3, -0.25) is 4.79 Å². The summed E-state index contributed by atoms with van der Waals surface area (Å²) in [7, 11) is 0. The second-order valence-electron chi connectivity index (χ2n) is 5.77. The zero-order valence-electron chi connectivity index (χ0n) is 12.2. The van der Waals surface area contributed by atoms with Crippen molar-refractivity contribution in [2.45, 2.75) is 25.3 Å². The van der Waals surface area contributed by atoms with Gasteiger partial charge in [0.15, 0.2) is 0 Å². The Morgan fingerprint density at radius 1 is 1.09 bits per heavy atom. The van der Waals surface area contributed by atoms with E-state index in [9.17, 15) is 4.79 Å². The number of hydrogen-bond acceptors (Lipinski definition) is 2. The molecule has 0 radical (unpaired) electrons. The largest absolute Gasteiger partial charge is 0.345 e. The molecule has 0 aliphatic heterocycles. The van der Waals surface area contributed by atoms with Crippen molar-refractivity contribution in [3.63, 3.8) is 0 Å². The summed E-state index contributed by atoms with van der Waals surface area (Å²) in [5.41, 5.74) is 2.65. The van der Waals surface area contributed by atoms with E-state index in [1.807, 2.05) is 18.2 Å². The number of fused-ring (bicyclic) bond motifs is 2. The summed E-state index contributed by atoms with van der Waals surface area (Å²) in [6.45, 7) is 0. The smallest absolute Gasteiger partial charge is 0.261 e. The first-order valence-electron chi connectivity index (χ1n) is 7.68. The summed E-state index contributed by atoms with van der Waals surface area (Å²) in [6, 6.07) is 18.7. The predicted molar refractivity (Wildman–Crippen MR) is 91.4 cm³/mol. The molecule has 1 heterocycles. The average Bonchev–Trinajstić information content (AvgIpc) is 2.99. The van der Waals surface area contributed by atoms with Gasteiger partial charge < -0.3 is 5.32 Å². The molecule has 0 unspecified atom stereocenters. The number of benzene rings is 2. The van der Waals surface area contributed by atoms with E-state index in [0.29, 0.717) is 0 Å². The molecule has 2 aromatic carbocycles. The number of carbonyl (C=O) groups is 1. The Morgan fingerprint density at radius 3 is 2.82 bits per heavy atom. The first-order valence-corrected chi connectivity index (χ1v) is 8.50. The molecule has 1 aliphatic carbocycles. The SMILES string of the molecule is O=C(N[C@H]1CCCc2ccccc21)c1cc2ccccc2s1. The molecule has 0 saturated heterocycles. The van der Waals surface area contributed by atoms with Gasteiger partial charge in [0.2, 0.25) is 0 Å². The van der Waals surface area contributed by atoms with Crippen LogP contribution in [0.1, 0.15) is 39.7 Å². The number of thiophene rings is 1. The fraction of sp³-hybridized carbons (Fsp3) is 0.211. The number of hydrogen-bond donors (Lipinski definition) is 1. The lowest BCUT2D eigenvalue weighted by Gasteiger charge is -2.26. The first-order chi connectivity index (χ1) is 10.8. The van der Waals surface area contributed by atoms with Gasteiger partial charge in [-0.25, -0.2) is 0 Å². The van der Waals surface area contributed by atoms with Crippen molar-refractivity contribution in [1.82, 2.24) is 5.32 Å². The molecule has 1 aromatic heterocycles. The Morgan fingerprint density at radius 2 is 1.91 bits per heavy atom. The van der Waals surface area contributed by atoms with Crippen molar-refractivity contribution in [2.75, 3.05) is 0 Å². The average molecular weight is 307 g/mol. The van der Waals surface area contributed by atoms with Gasteiger partial charge in [0.1, 0.15) is 0 Å². The van der Waals surface area contributed by atoms with Gasteiger partial charge in [0, 0.05) is 4.70 Å². The highest BCUT2D eigenvalue weighted by molar-refractivity contribution is 7.20. The summed E-state index contributed by atoms with van der Waals surface area (Å²) >= 11 is 1.56. The summed E-state index contributed by atoms with van der Waals surface area (Å²) < 4.78 is 1.16. The standard InChI is InChI=1S/C19H17NOS/c21-19(18-12-14-7-2-4-11-17(14)22-18)20-16-10-5-8-13-6-1-3-9-15(13)16/h1-4,6-7,9,11-12,16H,5,8,10H2,(H,20,21)/t16-/m0/s1. The van der Waals surface area contributed by atoms with E-state index >= 15 is 0 Å². The van der Waals surface area contributed by atoms with Crippen LogP contribution in [-0.4, -0.2) is 5.91 Å². The Hall–Kier alpha value is -2.13. The highest BCUT2D eigenvalue weighted by Crippen LogP contribution is 2.31. The molecule has 3 heteroatoms. The van der Waals surface area contributed by atoms with Gasteiger partial charge >= 0.3 is 0 Å². The van der Waals surface area contributed by atoms with Crippen LogP contribution in [0.25, 0.3) is 10.1 Å². The van der Waals surface area contributed by atoms with Crippen LogP contribution in [0.4, 0.5) is 0 Å². The van der Waals surface area contributed by atoms with Gasteiger partial charge in [-0.15, -0.1) is 11.3 Å². The number of carbonyl (C=O) groups excluding carboxylic acids is 1. The molecule has 2 nitrogen and oxygen atoms in total. The third-order valence-corrected chi connectivity index (χ3v) is 5.44. The van der Waals surface area contributed by atoms with Crippen molar-refractivity contribution >= 4 is 27.3 Å². The van der Waals surface area contributed by atoms with Crippen LogP contribution < -0.4 is 5.32 Å². The number of aryl methyl sites for hydroxylation is 1. The molecule has 4 rings (SSSR count). The molecule has 0 spiro atoms. The summed E-state index contributed by atoms with van der Waals surface area (Å²) in [5.74, 6) is 0.0444. The maximum absolute atomic E-state index is 12.6. The third-order valence-electron chi connectivity index (χ3n) is 4.32. The van der Waals surface area contributed by atoms with Crippen LogP contribution in [0.5, 0.6) is 0 Å². The quantitative estimate of drug-likeness (QED) is 0.730. The molecule has 1 atom stereocenters. The van der Waals surface area contributed by atoms with E-state index in [0.717, 1.165) is 34.2 Å². The maximum atomic E-state index is 12.6. The van der Waals surface area contributed by atoms with E-state index in [1.165, 1.54) is 11.1 Å². The van der Waals surface area contributed by atoms with Gasteiger partial charge in [0.25, 0.3) is 5.91 Å². The molecule has 1 amide bonds. The molecule has 1 aliphatic rings. The predicted octanol–water partition coefficient (Wildman–Crippen LogP) is 4.71. The monoisotopic (exact) mass is 307 g/mol. The second kappa shape index (κ2) is 5.58. The molecule has 3 aromatic rings. The third kappa shape index (κ3) is 2.42. The zero-order chi connectivity index (χ0) is 14.9. The van der Waals surface area contributed by atoms with Crippen molar-refractivity contribution in [3.8, 4) is 0 Å². The van der Waals surface area contributed by atoms with Gasteiger partial charge in [-0.05, 0) is 47.9 Å². The maximum Gasteiger partial charge on any atom is 0.261 e. The molecule has 0 fully saturated rings. The molecular weight excluding hydrogens is 290 g/mol. The van der Waals surface area contributed by atoms with Crippen LogP contribution in [-0.2, 0) is 6.42 Å². The van der Waals surface area contributed by atoms with E-state index in [2.05, 4.69) is 41.7 Å². The minimum atomic E-state index is 0.0444. The van der Waals surface area contributed by atoms with Crippen LogP contribution >= 0.6 is 11.3 Å². The van der Waals surface area contributed by atoms with Gasteiger partial charge in [0.05, 0.1) is 10.9 Å². The van der Waals surface area contributed by atoms with Crippen molar-refractivity contribution in [3.05, 3.63) is 70.6 Å². The summed E-state index contributed by atoms with van der Waals surface area (Å²) in [5, 5.41) is 4.36. The van der Waals surface area contributed by atoms with Gasteiger partial charge in [-0.2, -0.15) is 0 Å². The van der Waals surface area contributed by atoms with E-state index in [1.54, 1.807) is 11.3 Å². The van der Waals surface area contributed by atoms with Gasteiger partial charge in [-0.1, -0.05) is 42.5 Å². The minimum Gasteiger partial charge on any atom is -0.345 e. The van der Waals surface area contributed by atoms with Crippen molar-refractivity contribution < 1.29 is 4.79 Å². The topological polar surface area (TPSA) is 29.1 Å². The summed E-state index contributed by atoms with van der Waals surface area (Å²) in [4.78, 5) is 13.4. The van der Waals surface area contributed by atoms with E-state index in [4.69, 9.17) is 0 Å².